The summed E-state index contributed by atoms with van der Waals surface area (Å²) in [5, 5.41) is 80.1. The van der Waals surface area contributed by atoms with Crippen molar-refractivity contribution in [3.05, 3.63) is 41.5 Å². The highest BCUT2D eigenvalue weighted by Crippen LogP contribution is 2.53. The van der Waals surface area contributed by atoms with Gasteiger partial charge in [-0.2, -0.15) is 0 Å². The summed E-state index contributed by atoms with van der Waals surface area (Å²) in [4.78, 5) is 0. The van der Waals surface area contributed by atoms with Crippen LogP contribution in [-0.2, 0) is 6.42 Å². The second kappa shape index (κ2) is 6.73. The number of benzene rings is 3. The Hall–Kier alpha value is -4.14. The molecule has 1 atom stereocenters. The van der Waals surface area contributed by atoms with E-state index in [0.717, 1.165) is 12.1 Å². The highest BCUT2D eigenvalue weighted by molar-refractivity contribution is 5.85. The van der Waals surface area contributed by atoms with Crippen LogP contribution < -0.4 is 4.74 Å². The van der Waals surface area contributed by atoms with Crippen LogP contribution in [0.2, 0.25) is 0 Å². The van der Waals surface area contributed by atoms with Crippen LogP contribution in [0.3, 0.4) is 0 Å². The third-order valence-electron chi connectivity index (χ3n) is 5.13. The molecular formula is C21H18O9. The molecule has 1 aliphatic rings. The molecule has 30 heavy (non-hydrogen) atoms. The fourth-order valence-electron chi connectivity index (χ4n) is 3.65. The number of fused-ring (bicyclic) bond motifs is 1. The van der Waals surface area contributed by atoms with Gasteiger partial charge in [-0.25, -0.2) is 0 Å². The molecule has 3 aromatic rings. The summed E-state index contributed by atoms with van der Waals surface area (Å²) in [5.41, 5.74) is 0.386. The van der Waals surface area contributed by atoms with Gasteiger partial charge in [0.25, 0.3) is 0 Å². The molecular weight excluding hydrogens is 396 g/mol. The van der Waals surface area contributed by atoms with Gasteiger partial charge in [-0.15, -0.1) is 0 Å². The third kappa shape index (κ3) is 2.87. The second-order valence-corrected chi connectivity index (χ2v) is 6.97. The number of phenolic OH excluding ortho intramolecular Hbond substituents is 8. The van der Waals surface area contributed by atoms with E-state index in [0.29, 0.717) is 12.0 Å². The first-order chi connectivity index (χ1) is 14.2. The van der Waals surface area contributed by atoms with Crippen LogP contribution in [0.15, 0.2) is 30.3 Å². The first-order valence-corrected chi connectivity index (χ1v) is 8.92. The summed E-state index contributed by atoms with van der Waals surface area (Å²) in [5.74, 6) is -4.56. The highest BCUT2D eigenvalue weighted by atomic mass is 16.5. The Morgan fingerprint density at radius 3 is 2.13 bits per heavy atom. The van der Waals surface area contributed by atoms with Gasteiger partial charge in [-0.05, 0) is 31.0 Å². The Labute approximate surface area is 169 Å². The van der Waals surface area contributed by atoms with E-state index in [-0.39, 0.29) is 40.4 Å². The van der Waals surface area contributed by atoms with Gasteiger partial charge in [0.05, 0.1) is 0 Å². The number of hydrogen-bond acceptors (Lipinski definition) is 9. The van der Waals surface area contributed by atoms with Gasteiger partial charge in [0.2, 0.25) is 11.5 Å². The van der Waals surface area contributed by atoms with E-state index < -0.39 is 40.6 Å². The van der Waals surface area contributed by atoms with Gasteiger partial charge in [0.1, 0.15) is 23.4 Å². The second-order valence-electron chi connectivity index (χ2n) is 6.97. The Morgan fingerprint density at radius 2 is 1.40 bits per heavy atom. The third-order valence-corrected chi connectivity index (χ3v) is 5.13. The monoisotopic (exact) mass is 414 g/mol. The van der Waals surface area contributed by atoms with Crippen molar-refractivity contribution >= 4 is 0 Å². The molecule has 9 nitrogen and oxygen atoms in total. The number of phenols is 8. The van der Waals surface area contributed by atoms with Crippen LogP contribution in [-0.4, -0.2) is 40.9 Å². The van der Waals surface area contributed by atoms with Gasteiger partial charge in [0, 0.05) is 34.4 Å². The summed E-state index contributed by atoms with van der Waals surface area (Å²) in [6.45, 7) is 0. The van der Waals surface area contributed by atoms with Crippen LogP contribution in [0.25, 0.3) is 11.1 Å². The lowest BCUT2D eigenvalue weighted by atomic mass is 9.89. The predicted molar refractivity (Wildman–Crippen MR) is 103 cm³/mol. The zero-order chi connectivity index (χ0) is 21.7. The molecule has 3 aromatic carbocycles. The van der Waals surface area contributed by atoms with E-state index >= 15 is 0 Å². The lowest BCUT2D eigenvalue weighted by molar-refractivity contribution is 0.173. The van der Waals surface area contributed by atoms with E-state index in [9.17, 15) is 40.9 Å². The Kier molecular flexibility index (Phi) is 4.30. The van der Waals surface area contributed by atoms with Gasteiger partial charge in [-0.3, -0.25) is 0 Å². The Balaban J connectivity index is 1.90. The molecule has 9 heteroatoms. The normalized spacial score (nSPS) is 15.4. The van der Waals surface area contributed by atoms with Crippen LogP contribution >= 0.6 is 0 Å². The lowest BCUT2D eigenvalue weighted by Gasteiger charge is -2.29. The van der Waals surface area contributed by atoms with E-state index in [2.05, 4.69) is 0 Å². The van der Waals surface area contributed by atoms with Crippen LogP contribution in [0.4, 0.5) is 0 Å². The predicted octanol–water partition coefficient (Wildman–Crippen LogP) is 3.06. The highest BCUT2D eigenvalue weighted by Gasteiger charge is 2.31. The van der Waals surface area contributed by atoms with Gasteiger partial charge < -0.3 is 45.6 Å². The van der Waals surface area contributed by atoms with E-state index in [4.69, 9.17) is 4.74 Å². The number of rotatable bonds is 2. The summed E-state index contributed by atoms with van der Waals surface area (Å²) in [6, 6.07) is 5.94. The maximum absolute atomic E-state index is 10.5. The van der Waals surface area contributed by atoms with Crippen LogP contribution in [0.5, 0.6) is 51.7 Å². The Bertz CT molecular complexity index is 1170. The van der Waals surface area contributed by atoms with Gasteiger partial charge in [0.15, 0.2) is 23.0 Å². The summed E-state index contributed by atoms with van der Waals surface area (Å²) < 4.78 is 5.87. The smallest absolute Gasteiger partial charge is 0.200 e. The SMILES string of the molecule is Oc1cc(O)c2c(c1)O[C@H](c1cc(O)c(O)c(O)c1-c1ccc(O)c(O)c1O)CC2. The number of hydrogen-bond donors (Lipinski definition) is 8. The molecule has 1 aliphatic heterocycles. The molecule has 0 unspecified atom stereocenters. The zero-order valence-electron chi connectivity index (χ0n) is 15.4. The first kappa shape index (κ1) is 19.2. The molecule has 0 saturated heterocycles. The quantitative estimate of drug-likeness (QED) is 0.293. The minimum Gasteiger partial charge on any atom is -0.508 e. The number of aromatic hydroxyl groups is 8. The molecule has 0 spiro atoms. The molecule has 156 valence electrons. The molecule has 8 N–H and O–H groups in total. The molecule has 0 bridgehead atoms. The Morgan fingerprint density at radius 1 is 0.700 bits per heavy atom. The van der Waals surface area contributed by atoms with Crippen molar-refractivity contribution in [1.82, 2.24) is 0 Å². The van der Waals surface area contributed by atoms with E-state index in [1.807, 2.05) is 0 Å². The molecule has 0 aliphatic carbocycles. The maximum Gasteiger partial charge on any atom is 0.200 e. The fraction of sp³-hybridized carbons (Fsp3) is 0.143. The molecule has 4 rings (SSSR count). The van der Waals surface area contributed by atoms with Gasteiger partial charge in [-0.1, -0.05) is 0 Å². The van der Waals surface area contributed by atoms with E-state index in [1.165, 1.54) is 18.2 Å². The largest absolute Gasteiger partial charge is 0.508 e. The standard InChI is InChI=1S/C21H18O9/c22-8-5-13(24)9-2-4-15(30-16(9)6-8)11-7-14(25)20(28)21(29)17(11)10-1-3-12(23)19(27)18(10)26/h1,3,5-7,15,22-29H,2,4H2/t15-/m0/s1. The van der Waals surface area contributed by atoms with E-state index in [1.54, 1.807) is 0 Å². The van der Waals surface area contributed by atoms with Crippen molar-refractivity contribution < 1.29 is 45.6 Å². The summed E-state index contributed by atoms with van der Waals surface area (Å²) in [7, 11) is 0. The van der Waals surface area contributed by atoms with Crippen molar-refractivity contribution in [2.24, 2.45) is 0 Å². The minimum absolute atomic E-state index is 0.124. The molecule has 1 heterocycles. The number of ether oxygens (including phenoxy) is 1. The van der Waals surface area contributed by atoms with Crippen molar-refractivity contribution in [1.29, 1.82) is 0 Å². The topological polar surface area (TPSA) is 171 Å². The van der Waals surface area contributed by atoms with Crippen molar-refractivity contribution in [3.63, 3.8) is 0 Å². The van der Waals surface area contributed by atoms with Crippen LogP contribution in [0, 0.1) is 0 Å². The average molecular weight is 414 g/mol. The summed E-state index contributed by atoms with van der Waals surface area (Å²) in [6.07, 6.45) is -0.199. The van der Waals surface area contributed by atoms with Crippen molar-refractivity contribution in [3.8, 4) is 62.9 Å². The van der Waals surface area contributed by atoms with Crippen molar-refractivity contribution in [2.75, 3.05) is 0 Å². The fourth-order valence-corrected chi connectivity index (χ4v) is 3.65. The lowest BCUT2D eigenvalue weighted by Crippen LogP contribution is -2.16. The van der Waals surface area contributed by atoms with Crippen molar-refractivity contribution in [2.45, 2.75) is 18.9 Å². The average Bonchev–Trinajstić information content (AvgIpc) is 2.70. The van der Waals surface area contributed by atoms with Crippen LogP contribution in [0.1, 0.15) is 23.7 Å². The zero-order valence-corrected chi connectivity index (χ0v) is 15.4. The summed E-state index contributed by atoms with van der Waals surface area (Å²) >= 11 is 0. The molecule has 0 saturated carbocycles. The molecule has 0 amide bonds. The van der Waals surface area contributed by atoms with Gasteiger partial charge >= 0.3 is 0 Å². The first-order valence-electron chi connectivity index (χ1n) is 8.92. The molecule has 0 aromatic heterocycles. The maximum atomic E-state index is 10.5. The molecule has 0 radical (unpaired) electrons. The molecule has 0 fully saturated rings. The minimum atomic E-state index is -0.841.